The second kappa shape index (κ2) is 9.27. The summed E-state index contributed by atoms with van der Waals surface area (Å²) in [6.07, 6.45) is 0. The number of anilines is 1. The number of amides is 2. The number of quaternary nitrogens is 1. The summed E-state index contributed by atoms with van der Waals surface area (Å²) in [6, 6.07) is 7.54. The number of piperazine rings is 1. The first-order valence-electron chi connectivity index (χ1n) is 8.83. The van der Waals surface area contributed by atoms with Crippen molar-refractivity contribution in [3.05, 3.63) is 24.3 Å². The van der Waals surface area contributed by atoms with Crippen molar-refractivity contribution in [1.82, 2.24) is 10.6 Å². The van der Waals surface area contributed by atoms with Crippen molar-refractivity contribution in [3.63, 3.8) is 0 Å². The number of carbonyl (C=O) groups excluding carboxylic acids is 2. The lowest BCUT2D eigenvalue weighted by Gasteiger charge is -2.33. The van der Waals surface area contributed by atoms with Gasteiger partial charge in [-0.15, -0.1) is 0 Å². The Labute approximate surface area is 149 Å². The normalized spacial score (nSPS) is 16.2. The number of rotatable bonds is 7. The van der Waals surface area contributed by atoms with Crippen LogP contribution < -0.4 is 25.2 Å². The minimum absolute atomic E-state index is 0.0800. The van der Waals surface area contributed by atoms with Crippen LogP contribution in [0, 0.1) is 0 Å². The van der Waals surface area contributed by atoms with Crippen LogP contribution in [0.4, 0.5) is 5.69 Å². The second-order valence-corrected chi connectivity index (χ2v) is 6.30. The molecule has 2 rings (SSSR count). The summed E-state index contributed by atoms with van der Waals surface area (Å²) in [5.74, 6) is 0.628. The number of nitrogens with one attached hydrogen (secondary N) is 3. The summed E-state index contributed by atoms with van der Waals surface area (Å²) >= 11 is 0. The molecule has 7 heteroatoms. The summed E-state index contributed by atoms with van der Waals surface area (Å²) in [5.41, 5.74) is 1.15. The van der Waals surface area contributed by atoms with Gasteiger partial charge < -0.3 is 25.2 Å². The van der Waals surface area contributed by atoms with E-state index in [2.05, 4.69) is 21.6 Å². The molecule has 7 nitrogen and oxygen atoms in total. The monoisotopic (exact) mass is 349 g/mol. The van der Waals surface area contributed by atoms with Gasteiger partial charge in [0.1, 0.15) is 11.8 Å². The molecule has 0 spiro atoms. The van der Waals surface area contributed by atoms with E-state index in [0.717, 1.165) is 37.6 Å². The van der Waals surface area contributed by atoms with Crippen molar-refractivity contribution in [2.45, 2.75) is 19.9 Å². The van der Waals surface area contributed by atoms with Crippen LogP contribution in [0.15, 0.2) is 24.3 Å². The van der Waals surface area contributed by atoms with E-state index in [4.69, 9.17) is 4.74 Å². The van der Waals surface area contributed by atoms with E-state index in [-0.39, 0.29) is 11.8 Å². The molecule has 0 bridgehead atoms. The van der Waals surface area contributed by atoms with Gasteiger partial charge in [-0.25, -0.2) is 0 Å². The zero-order valence-electron chi connectivity index (χ0n) is 15.3. The van der Waals surface area contributed by atoms with E-state index in [9.17, 15) is 9.59 Å². The third kappa shape index (κ3) is 5.63. The van der Waals surface area contributed by atoms with Crippen molar-refractivity contribution < 1.29 is 19.2 Å². The number of likely N-dealkylation sites (N-methyl/N-ethyl adjacent to an activating group) is 1. The van der Waals surface area contributed by atoms with Gasteiger partial charge in [0.2, 0.25) is 5.91 Å². The molecule has 0 unspecified atom stereocenters. The highest BCUT2D eigenvalue weighted by Crippen LogP contribution is 2.20. The Balaban J connectivity index is 1.78. The number of hydrogen-bond acceptors (Lipinski definition) is 4. The average Bonchev–Trinajstić information content (AvgIpc) is 2.62. The molecule has 1 heterocycles. The molecule has 0 radical (unpaired) electrons. The van der Waals surface area contributed by atoms with Crippen LogP contribution in [0.1, 0.15) is 13.8 Å². The first-order chi connectivity index (χ1) is 12.0. The molecule has 1 saturated heterocycles. The number of hydrogen-bond donors (Lipinski definition) is 3. The summed E-state index contributed by atoms with van der Waals surface area (Å²) in [6.45, 7) is 8.09. The molecule has 0 aliphatic carbocycles. The second-order valence-electron chi connectivity index (χ2n) is 6.30. The van der Waals surface area contributed by atoms with Crippen molar-refractivity contribution >= 4 is 17.5 Å². The summed E-state index contributed by atoms with van der Waals surface area (Å²) in [7, 11) is 1.67. The summed E-state index contributed by atoms with van der Waals surface area (Å²) in [4.78, 5) is 27.3. The molecule has 25 heavy (non-hydrogen) atoms. The highest BCUT2D eigenvalue weighted by Gasteiger charge is 2.24. The molecular formula is C18H29N4O3+. The Bertz CT molecular complexity index is 585. The smallest absolute Gasteiger partial charge is 0.275 e. The van der Waals surface area contributed by atoms with Crippen LogP contribution in [-0.4, -0.2) is 64.2 Å². The quantitative estimate of drug-likeness (QED) is 0.593. The Kier molecular flexibility index (Phi) is 7.06. The van der Waals surface area contributed by atoms with Crippen LogP contribution in [-0.2, 0) is 9.59 Å². The first-order valence-corrected chi connectivity index (χ1v) is 8.83. The van der Waals surface area contributed by atoms with Crippen LogP contribution in [0.2, 0.25) is 0 Å². The standard InChI is InChI=1S/C18H28N4O3/c1-4-19-18(24)14(2)20-17(23)13-21-8-10-22(11-9-21)15-6-5-7-16(12-15)25-3/h5-7,12,14H,4,8-11,13H2,1-3H3,(H,19,24)(H,20,23)/p+1/t14-/m1/s1. The van der Waals surface area contributed by atoms with Gasteiger partial charge in [-0.2, -0.15) is 0 Å². The minimum atomic E-state index is -0.495. The molecular weight excluding hydrogens is 320 g/mol. The Hall–Kier alpha value is -2.28. The summed E-state index contributed by atoms with van der Waals surface area (Å²) in [5, 5.41) is 5.48. The Morgan fingerprint density at radius 1 is 1.32 bits per heavy atom. The van der Waals surface area contributed by atoms with Crippen molar-refractivity contribution in [2.75, 3.05) is 51.3 Å². The maximum Gasteiger partial charge on any atom is 0.275 e. The largest absolute Gasteiger partial charge is 0.497 e. The number of benzene rings is 1. The molecule has 0 saturated carbocycles. The fourth-order valence-electron chi connectivity index (χ4n) is 2.98. The molecule has 2 amide bonds. The maximum absolute atomic E-state index is 12.1. The van der Waals surface area contributed by atoms with E-state index >= 15 is 0 Å². The lowest BCUT2D eigenvalue weighted by atomic mass is 10.2. The van der Waals surface area contributed by atoms with Gasteiger partial charge in [0.05, 0.1) is 33.3 Å². The van der Waals surface area contributed by atoms with Crippen molar-refractivity contribution in [3.8, 4) is 5.75 Å². The van der Waals surface area contributed by atoms with Crippen molar-refractivity contribution in [2.24, 2.45) is 0 Å². The average molecular weight is 349 g/mol. The van der Waals surface area contributed by atoms with Gasteiger partial charge in [-0.05, 0) is 26.0 Å². The number of carbonyl (C=O) groups is 2. The number of methoxy groups -OCH3 is 1. The predicted molar refractivity (Wildman–Crippen MR) is 97.1 cm³/mol. The molecule has 1 aliphatic heterocycles. The molecule has 1 aromatic carbocycles. The van der Waals surface area contributed by atoms with Gasteiger partial charge in [-0.1, -0.05) is 6.07 Å². The molecule has 1 aromatic rings. The zero-order chi connectivity index (χ0) is 18.2. The topological polar surface area (TPSA) is 75.1 Å². The molecule has 1 atom stereocenters. The molecule has 138 valence electrons. The predicted octanol–water partition coefficient (Wildman–Crippen LogP) is -0.959. The fraction of sp³-hybridized carbons (Fsp3) is 0.556. The SMILES string of the molecule is CCNC(=O)[C@@H](C)NC(=O)C[NH+]1CCN(c2cccc(OC)c2)CC1. The molecule has 0 aromatic heterocycles. The Morgan fingerprint density at radius 2 is 2.04 bits per heavy atom. The first kappa shape index (κ1) is 19.1. The van der Waals surface area contributed by atoms with Crippen LogP contribution in [0.5, 0.6) is 5.75 Å². The Morgan fingerprint density at radius 3 is 2.68 bits per heavy atom. The third-order valence-electron chi connectivity index (χ3n) is 4.42. The van der Waals surface area contributed by atoms with E-state index in [0.29, 0.717) is 13.1 Å². The van der Waals surface area contributed by atoms with Crippen molar-refractivity contribution in [1.29, 1.82) is 0 Å². The van der Waals surface area contributed by atoms with Gasteiger partial charge in [-0.3, -0.25) is 9.59 Å². The third-order valence-corrected chi connectivity index (χ3v) is 4.42. The molecule has 3 N–H and O–H groups in total. The van der Waals surface area contributed by atoms with E-state index in [1.54, 1.807) is 14.0 Å². The minimum Gasteiger partial charge on any atom is -0.497 e. The van der Waals surface area contributed by atoms with E-state index < -0.39 is 6.04 Å². The van der Waals surface area contributed by atoms with Crippen LogP contribution in [0.25, 0.3) is 0 Å². The van der Waals surface area contributed by atoms with Crippen LogP contribution in [0.3, 0.4) is 0 Å². The van der Waals surface area contributed by atoms with Crippen LogP contribution >= 0.6 is 0 Å². The maximum atomic E-state index is 12.1. The lowest BCUT2D eigenvalue weighted by Crippen LogP contribution is -3.16. The highest BCUT2D eigenvalue weighted by molar-refractivity contribution is 5.87. The van der Waals surface area contributed by atoms with E-state index in [1.807, 2.05) is 25.1 Å². The highest BCUT2D eigenvalue weighted by atomic mass is 16.5. The summed E-state index contributed by atoms with van der Waals surface area (Å²) < 4.78 is 5.28. The zero-order valence-corrected chi connectivity index (χ0v) is 15.3. The number of nitrogens with zero attached hydrogens (tertiary/aromatic N) is 1. The molecule has 1 aliphatic rings. The fourth-order valence-corrected chi connectivity index (χ4v) is 2.98. The van der Waals surface area contributed by atoms with Gasteiger partial charge >= 0.3 is 0 Å². The van der Waals surface area contributed by atoms with Gasteiger partial charge in [0, 0.05) is 18.3 Å². The van der Waals surface area contributed by atoms with E-state index in [1.165, 1.54) is 4.90 Å². The lowest BCUT2D eigenvalue weighted by molar-refractivity contribution is -0.892. The number of ether oxygens (including phenoxy) is 1. The van der Waals surface area contributed by atoms with Gasteiger partial charge in [0.15, 0.2) is 6.54 Å². The molecule has 1 fully saturated rings. The van der Waals surface area contributed by atoms with Gasteiger partial charge in [0.25, 0.3) is 5.91 Å².